The van der Waals surface area contributed by atoms with E-state index in [1.54, 1.807) is 5.32 Å². The van der Waals surface area contributed by atoms with E-state index in [9.17, 15) is 14.0 Å². The van der Waals surface area contributed by atoms with E-state index < -0.39 is 18.1 Å². The summed E-state index contributed by atoms with van der Waals surface area (Å²) < 4.78 is 12.1. The molecule has 0 saturated carbocycles. The Morgan fingerprint density at radius 3 is 2.67 bits per heavy atom. The van der Waals surface area contributed by atoms with E-state index in [4.69, 9.17) is 0 Å². The van der Waals surface area contributed by atoms with Crippen molar-refractivity contribution in [3.05, 3.63) is 0 Å². The van der Waals surface area contributed by atoms with Crippen LogP contribution in [0.15, 0.2) is 0 Å². The molecule has 0 aliphatic carbocycles. The van der Waals surface area contributed by atoms with Crippen LogP contribution >= 0.6 is 0 Å². The van der Waals surface area contributed by atoms with Crippen molar-refractivity contribution >= 4 is 11.9 Å². The molecule has 5 heteroatoms. The van der Waals surface area contributed by atoms with Gasteiger partial charge in [-0.2, -0.15) is 0 Å². The Hall–Kier alpha value is -1.13. The summed E-state index contributed by atoms with van der Waals surface area (Å²) in [5, 5.41) is 3.88. The van der Waals surface area contributed by atoms with Crippen LogP contribution in [0.3, 0.4) is 0 Å². The molecule has 50 valence electrons. The number of rotatable bonds is 0. The highest BCUT2D eigenvalue weighted by Crippen LogP contribution is 1.92. The van der Waals surface area contributed by atoms with Crippen molar-refractivity contribution in [2.45, 2.75) is 6.17 Å². The predicted molar refractivity (Wildman–Crippen MR) is 26.4 cm³/mol. The molecule has 3 amide bonds. The summed E-state index contributed by atoms with van der Waals surface area (Å²) in [6, 6.07) is -0.631. The Balaban J connectivity index is 2.54. The van der Waals surface area contributed by atoms with Crippen LogP contribution in [0.25, 0.3) is 0 Å². The number of amides is 3. The molecule has 4 nitrogen and oxygen atoms in total. The second kappa shape index (κ2) is 2.00. The number of hydrogen-bond acceptors (Lipinski definition) is 2. The van der Waals surface area contributed by atoms with Crippen LogP contribution < -0.4 is 10.6 Å². The lowest BCUT2D eigenvalue weighted by Crippen LogP contribution is -2.53. The molecule has 1 aliphatic heterocycles. The predicted octanol–water partition coefficient (Wildman–Crippen LogP) is -0.836. The van der Waals surface area contributed by atoms with Gasteiger partial charge >= 0.3 is 6.03 Å². The van der Waals surface area contributed by atoms with E-state index in [1.807, 2.05) is 0 Å². The zero-order valence-electron chi connectivity index (χ0n) is 4.48. The maximum atomic E-state index is 12.1. The maximum Gasteiger partial charge on any atom is 0.321 e. The number of imide groups is 1. The van der Waals surface area contributed by atoms with Crippen molar-refractivity contribution in [3.63, 3.8) is 0 Å². The molecular formula is C4H5FN2O2. The van der Waals surface area contributed by atoms with Gasteiger partial charge in [0.25, 0.3) is 5.91 Å². The van der Waals surface area contributed by atoms with Gasteiger partial charge in [-0.05, 0) is 0 Å². The van der Waals surface area contributed by atoms with E-state index >= 15 is 0 Å². The maximum absolute atomic E-state index is 12.1. The van der Waals surface area contributed by atoms with Gasteiger partial charge in [0, 0.05) is 0 Å². The zero-order chi connectivity index (χ0) is 6.85. The van der Waals surface area contributed by atoms with Gasteiger partial charge in [-0.15, -0.1) is 0 Å². The normalized spacial score (nSPS) is 27.0. The first kappa shape index (κ1) is 6.00. The average Bonchev–Trinajstić information content (AvgIpc) is 1.80. The fourth-order valence-corrected chi connectivity index (χ4v) is 0.509. The zero-order valence-corrected chi connectivity index (χ0v) is 4.48. The number of halogens is 1. The minimum absolute atomic E-state index is 0.218. The summed E-state index contributed by atoms with van der Waals surface area (Å²) in [7, 11) is 0. The molecular weight excluding hydrogens is 127 g/mol. The molecule has 0 bridgehead atoms. The number of hydrogen-bond donors (Lipinski definition) is 2. The van der Waals surface area contributed by atoms with Gasteiger partial charge < -0.3 is 5.32 Å². The molecule has 0 spiro atoms. The highest BCUT2D eigenvalue weighted by atomic mass is 19.1. The summed E-state index contributed by atoms with van der Waals surface area (Å²) in [6.45, 7) is -0.218. The Morgan fingerprint density at radius 1 is 1.56 bits per heavy atom. The molecule has 0 aromatic carbocycles. The second-order valence-corrected chi connectivity index (χ2v) is 1.67. The summed E-state index contributed by atoms with van der Waals surface area (Å²) in [6.07, 6.45) is -1.59. The third-order valence-electron chi connectivity index (χ3n) is 0.963. The van der Waals surface area contributed by atoms with Gasteiger partial charge in [0.05, 0.1) is 6.54 Å². The smallest absolute Gasteiger partial charge is 0.321 e. The lowest BCUT2D eigenvalue weighted by Gasteiger charge is -2.14. The van der Waals surface area contributed by atoms with Gasteiger partial charge in [0.2, 0.25) is 0 Å². The Kier molecular flexibility index (Phi) is 1.33. The average molecular weight is 132 g/mol. The summed E-state index contributed by atoms with van der Waals surface area (Å²) in [5.41, 5.74) is 0. The molecule has 0 aromatic heterocycles. The third kappa shape index (κ3) is 1.16. The molecule has 1 rings (SSSR count). The summed E-state index contributed by atoms with van der Waals surface area (Å²) >= 11 is 0. The van der Waals surface area contributed by atoms with Gasteiger partial charge in [0.15, 0.2) is 6.17 Å². The molecule has 0 unspecified atom stereocenters. The van der Waals surface area contributed by atoms with Crippen LogP contribution in [0, 0.1) is 0 Å². The Labute approximate surface area is 50.4 Å². The summed E-state index contributed by atoms with van der Waals surface area (Å²) in [4.78, 5) is 20.5. The minimum atomic E-state index is -1.59. The highest BCUT2D eigenvalue weighted by Gasteiger charge is 2.24. The largest absolute Gasteiger partial charge is 0.334 e. The van der Waals surface area contributed by atoms with Crippen LogP contribution in [0.2, 0.25) is 0 Å². The van der Waals surface area contributed by atoms with E-state index in [0.717, 1.165) is 0 Å². The van der Waals surface area contributed by atoms with Crippen LogP contribution in [0.4, 0.5) is 9.18 Å². The van der Waals surface area contributed by atoms with Gasteiger partial charge in [-0.1, -0.05) is 0 Å². The van der Waals surface area contributed by atoms with Gasteiger partial charge in [0.1, 0.15) is 0 Å². The second-order valence-electron chi connectivity index (χ2n) is 1.67. The van der Waals surface area contributed by atoms with Crippen LogP contribution in [-0.2, 0) is 4.79 Å². The van der Waals surface area contributed by atoms with E-state index in [-0.39, 0.29) is 6.54 Å². The van der Waals surface area contributed by atoms with E-state index in [0.29, 0.717) is 0 Å². The summed E-state index contributed by atoms with van der Waals surface area (Å²) in [5.74, 6) is -0.862. The fraction of sp³-hybridized carbons (Fsp3) is 0.500. The van der Waals surface area contributed by atoms with Gasteiger partial charge in [-0.25, -0.2) is 9.18 Å². The molecule has 1 atom stereocenters. The third-order valence-corrected chi connectivity index (χ3v) is 0.963. The quantitative estimate of drug-likeness (QED) is 0.451. The van der Waals surface area contributed by atoms with E-state index in [1.165, 1.54) is 0 Å². The van der Waals surface area contributed by atoms with Crippen molar-refractivity contribution in [1.29, 1.82) is 0 Å². The van der Waals surface area contributed by atoms with Crippen molar-refractivity contribution in [2.24, 2.45) is 0 Å². The standard InChI is InChI=1S/C4H5FN2O2/c5-2-1-6-4(9)7-3(2)8/h2H,1H2,(H2,6,7,8,9)/t2-/m0/s1. The minimum Gasteiger partial charge on any atom is -0.334 e. The van der Waals surface area contributed by atoms with Crippen molar-refractivity contribution < 1.29 is 14.0 Å². The van der Waals surface area contributed by atoms with Crippen LogP contribution in [0.5, 0.6) is 0 Å². The fourth-order valence-electron chi connectivity index (χ4n) is 0.509. The molecule has 1 aliphatic rings. The van der Waals surface area contributed by atoms with Crippen LogP contribution in [-0.4, -0.2) is 24.7 Å². The number of carbonyl (C=O) groups excluding carboxylic acids is 2. The molecule has 1 saturated heterocycles. The Morgan fingerprint density at radius 2 is 2.22 bits per heavy atom. The molecule has 1 heterocycles. The number of urea groups is 1. The van der Waals surface area contributed by atoms with Crippen LogP contribution in [0.1, 0.15) is 0 Å². The first-order chi connectivity index (χ1) is 4.20. The highest BCUT2D eigenvalue weighted by molar-refractivity contribution is 5.99. The topological polar surface area (TPSA) is 58.2 Å². The molecule has 0 radical (unpaired) electrons. The van der Waals surface area contributed by atoms with Crippen molar-refractivity contribution in [2.75, 3.05) is 6.54 Å². The molecule has 2 N–H and O–H groups in total. The number of carbonyl (C=O) groups is 2. The monoisotopic (exact) mass is 132 g/mol. The Bertz CT molecular complexity index is 159. The number of alkyl halides is 1. The molecule has 1 fully saturated rings. The molecule has 0 aromatic rings. The SMILES string of the molecule is O=C1NC[C@H](F)C(=O)N1. The first-order valence-electron chi connectivity index (χ1n) is 2.43. The van der Waals surface area contributed by atoms with Crippen molar-refractivity contribution in [3.8, 4) is 0 Å². The first-order valence-corrected chi connectivity index (χ1v) is 2.43. The van der Waals surface area contributed by atoms with E-state index in [2.05, 4.69) is 5.32 Å². The van der Waals surface area contributed by atoms with Crippen molar-refractivity contribution in [1.82, 2.24) is 10.6 Å². The van der Waals surface area contributed by atoms with Gasteiger partial charge in [-0.3, -0.25) is 10.1 Å². The molecule has 9 heavy (non-hydrogen) atoms. The number of nitrogens with one attached hydrogen (secondary N) is 2. The lowest BCUT2D eigenvalue weighted by atomic mass is 10.3. The lowest BCUT2D eigenvalue weighted by molar-refractivity contribution is -0.125.